The molecule has 2 aliphatic heterocycles. The van der Waals surface area contributed by atoms with Crippen molar-refractivity contribution < 1.29 is 88.9 Å². The van der Waals surface area contributed by atoms with E-state index >= 15 is 0 Å². The minimum Gasteiger partial charge on any atom is -0.454 e. The SMILES string of the molecule is O=C(N1CCN(Cc2ccc3c(c2)OCO3)CC1)C(F)(F)C(F)(F)C(F)(F)C(F)(F)C(F)(F)C(F)(F)C(F)(F)C(F)(F)F. The van der Waals surface area contributed by atoms with Crippen LogP contribution in [0.1, 0.15) is 5.56 Å². The minimum atomic E-state index is -8.74. The van der Waals surface area contributed by atoms with Gasteiger partial charge in [-0.3, -0.25) is 9.69 Å². The molecule has 0 aromatic heterocycles. The van der Waals surface area contributed by atoms with Gasteiger partial charge in [0.15, 0.2) is 11.5 Å². The molecule has 5 nitrogen and oxygen atoms in total. The summed E-state index contributed by atoms with van der Waals surface area (Å²) in [4.78, 5) is 13.1. The second-order valence-corrected chi connectivity index (χ2v) is 9.27. The Morgan fingerprint density at radius 1 is 0.605 bits per heavy atom. The first-order chi connectivity index (χ1) is 19.2. The number of piperazine rings is 1. The van der Waals surface area contributed by atoms with Gasteiger partial charge < -0.3 is 14.4 Å². The number of ether oxygens (including phenoxy) is 2. The van der Waals surface area contributed by atoms with E-state index in [2.05, 4.69) is 0 Å². The summed E-state index contributed by atoms with van der Waals surface area (Å²) in [6.45, 7) is -2.96. The molecule has 246 valence electrons. The molecule has 0 spiro atoms. The molecular formula is C21H15F17N2O3. The van der Waals surface area contributed by atoms with Gasteiger partial charge in [-0.2, -0.15) is 74.6 Å². The normalized spacial score (nSPS) is 18.3. The molecule has 0 unspecified atom stereocenters. The van der Waals surface area contributed by atoms with Crippen molar-refractivity contribution in [3.8, 4) is 11.5 Å². The molecule has 0 N–H and O–H groups in total. The molecule has 0 radical (unpaired) electrons. The molecule has 22 heteroatoms. The van der Waals surface area contributed by atoms with Crippen LogP contribution in [0, 0.1) is 0 Å². The van der Waals surface area contributed by atoms with E-state index in [0.29, 0.717) is 17.1 Å². The highest BCUT2D eigenvalue weighted by molar-refractivity contribution is 5.85. The molecule has 1 aromatic carbocycles. The van der Waals surface area contributed by atoms with Crippen LogP contribution in [0.5, 0.6) is 11.5 Å². The number of carbonyl (C=O) groups is 1. The number of nitrogens with zero attached hydrogens (tertiary/aromatic N) is 2. The highest BCUT2D eigenvalue weighted by Gasteiger charge is 2.95. The summed E-state index contributed by atoms with van der Waals surface area (Å²) in [5, 5.41) is 0. The van der Waals surface area contributed by atoms with Gasteiger partial charge in [-0.15, -0.1) is 0 Å². The summed E-state index contributed by atoms with van der Waals surface area (Å²) in [7, 11) is 0. The molecular weight excluding hydrogens is 651 g/mol. The standard InChI is InChI=1S/C21H15F17N2O3/c22-14(23,13(41)40-5-3-39(4-6-40)8-10-1-2-11-12(7-10)43-9-42-11)15(24,25)16(26,27)17(28,29)18(30,31)19(32,33)20(34,35)21(36,37)38/h1-2,7H,3-6,8-9H2. The van der Waals surface area contributed by atoms with Crippen molar-refractivity contribution in [1.82, 2.24) is 9.80 Å². The summed E-state index contributed by atoms with van der Waals surface area (Å²) in [5.74, 6) is -60.7. The number of hydrogen-bond donors (Lipinski definition) is 0. The molecule has 0 saturated carbocycles. The number of halogens is 17. The van der Waals surface area contributed by atoms with Crippen LogP contribution in [0.3, 0.4) is 0 Å². The highest BCUT2D eigenvalue weighted by Crippen LogP contribution is 2.64. The van der Waals surface area contributed by atoms with Crippen molar-refractivity contribution in [2.75, 3.05) is 33.0 Å². The first-order valence-electron chi connectivity index (χ1n) is 11.3. The Kier molecular flexibility index (Phi) is 8.29. The largest absolute Gasteiger partial charge is 0.460 e. The van der Waals surface area contributed by atoms with Crippen molar-refractivity contribution in [2.24, 2.45) is 0 Å². The van der Waals surface area contributed by atoms with Crippen molar-refractivity contribution in [3.63, 3.8) is 0 Å². The topological polar surface area (TPSA) is 42.0 Å². The van der Waals surface area contributed by atoms with Crippen LogP contribution < -0.4 is 9.47 Å². The molecule has 1 aromatic rings. The molecule has 0 aliphatic carbocycles. The first-order valence-corrected chi connectivity index (χ1v) is 11.3. The first kappa shape index (κ1) is 34.5. The molecule has 1 fully saturated rings. The monoisotopic (exact) mass is 666 g/mol. The summed E-state index contributed by atoms with van der Waals surface area (Å²) >= 11 is 0. The number of hydrogen-bond acceptors (Lipinski definition) is 4. The molecule has 1 saturated heterocycles. The van der Waals surface area contributed by atoms with Gasteiger partial charge in [0, 0.05) is 32.7 Å². The zero-order chi connectivity index (χ0) is 33.2. The van der Waals surface area contributed by atoms with Crippen molar-refractivity contribution in [1.29, 1.82) is 0 Å². The van der Waals surface area contributed by atoms with E-state index in [1.54, 1.807) is 0 Å². The Morgan fingerprint density at radius 3 is 1.53 bits per heavy atom. The van der Waals surface area contributed by atoms with Gasteiger partial charge in [0.25, 0.3) is 5.91 Å². The van der Waals surface area contributed by atoms with E-state index < -0.39 is 79.7 Å². The number of rotatable bonds is 9. The van der Waals surface area contributed by atoms with Crippen LogP contribution in [0.25, 0.3) is 0 Å². The lowest BCUT2D eigenvalue weighted by Crippen LogP contribution is -2.75. The highest BCUT2D eigenvalue weighted by atomic mass is 19.4. The van der Waals surface area contributed by atoms with Crippen LogP contribution in [-0.4, -0.2) is 96.3 Å². The summed E-state index contributed by atoms with van der Waals surface area (Å²) in [6, 6.07) is 4.49. The average Bonchev–Trinajstić information content (AvgIpc) is 3.35. The van der Waals surface area contributed by atoms with Gasteiger partial charge in [-0.25, -0.2) is 0 Å². The lowest BCUT2D eigenvalue weighted by molar-refractivity contribution is -0.459. The lowest BCUT2D eigenvalue weighted by Gasteiger charge is -2.43. The van der Waals surface area contributed by atoms with Gasteiger partial charge in [0.2, 0.25) is 6.79 Å². The van der Waals surface area contributed by atoms with Crippen LogP contribution in [0.15, 0.2) is 18.2 Å². The Morgan fingerprint density at radius 2 is 1.05 bits per heavy atom. The molecule has 0 atom stereocenters. The molecule has 3 rings (SSSR count). The smallest absolute Gasteiger partial charge is 0.454 e. The van der Waals surface area contributed by atoms with Gasteiger partial charge in [-0.05, 0) is 17.7 Å². The quantitative estimate of drug-likeness (QED) is 0.301. The number of alkyl halides is 17. The fourth-order valence-corrected chi connectivity index (χ4v) is 3.90. The maximum atomic E-state index is 14.3. The number of fused-ring (bicyclic) bond motifs is 1. The fraction of sp³-hybridized carbons (Fsp3) is 0.667. The fourth-order valence-electron chi connectivity index (χ4n) is 3.90. The van der Waals surface area contributed by atoms with Crippen LogP contribution in [0.2, 0.25) is 0 Å². The summed E-state index contributed by atoms with van der Waals surface area (Å²) < 4.78 is 239. The van der Waals surface area contributed by atoms with E-state index in [4.69, 9.17) is 9.47 Å². The number of carbonyl (C=O) groups excluding carboxylic acids is 1. The number of benzene rings is 1. The van der Waals surface area contributed by atoms with E-state index in [9.17, 15) is 79.4 Å². The van der Waals surface area contributed by atoms with Crippen LogP contribution in [-0.2, 0) is 11.3 Å². The molecule has 1 amide bonds. The minimum absolute atomic E-state index is 0.00136. The summed E-state index contributed by atoms with van der Waals surface area (Å²) in [5.41, 5.74) is 0.511. The Bertz CT molecular complexity index is 1210. The second-order valence-electron chi connectivity index (χ2n) is 9.27. The lowest BCUT2D eigenvalue weighted by atomic mass is 9.88. The van der Waals surface area contributed by atoms with Gasteiger partial charge in [-0.1, -0.05) is 6.07 Å². The molecule has 43 heavy (non-hydrogen) atoms. The zero-order valence-electron chi connectivity index (χ0n) is 20.5. The van der Waals surface area contributed by atoms with Gasteiger partial charge in [0.1, 0.15) is 0 Å². The van der Waals surface area contributed by atoms with Crippen molar-refractivity contribution in [3.05, 3.63) is 23.8 Å². The van der Waals surface area contributed by atoms with Crippen molar-refractivity contribution in [2.45, 2.75) is 54.2 Å². The molecule has 2 heterocycles. The maximum absolute atomic E-state index is 14.3. The third-order valence-electron chi connectivity index (χ3n) is 6.49. The van der Waals surface area contributed by atoms with Crippen LogP contribution >= 0.6 is 0 Å². The van der Waals surface area contributed by atoms with Gasteiger partial charge in [0.05, 0.1) is 0 Å². The predicted octanol–water partition coefficient (Wildman–Crippen LogP) is 6.07. The predicted molar refractivity (Wildman–Crippen MR) is 105 cm³/mol. The summed E-state index contributed by atoms with van der Waals surface area (Å²) in [6.07, 6.45) is -7.83. The molecule has 2 aliphatic rings. The number of amides is 1. The Balaban J connectivity index is 1.80. The van der Waals surface area contributed by atoms with Crippen molar-refractivity contribution >= 4 is 5.91 Å². The van der Waals surface area contributed by atoms with E-state index in [1.165, 1.54) is 23.1 Å². The zero-order valence-corrected chi connectivity index (χ0v) is 20.5. The maximum Gasteiger partial charge on any atom is 0.460 e. The van der Waals surface area contributed by atoms with Crippen LogP contribution in [0.4, 0.5) is 74.6 Å². The van der Waals surface area contributed by atoms with E-state index in [1.807, 2.05) is 0 Å². The Hall–Kier alpha value is -2.94. The van der Waals surface area contributed by atoms with E-state index in [-0.39, 0.29) is 18.2 Å². The Labute approximate surface area is 228 Å². The van der Waals surface area contributed by atoms with Gasteiger partial charge >= 0.3 is 47.6 Å². The third-order valence-corrected chi connectivity index (χ3v) is 6.49. The average molecular weight is 666 g/mol. The second kappa shape index (κ2) is 10.3. The molecule has 0 bridgehead atoms. The third kappa shape index (κ3) is 5.05. The van der Waals surface area contributed by atoms with E-state index in [0.717, 1.165) is 0 Å².